The Morgan fingerprint density at radius 1 is 1.00 bits per heavy atom. The van der Waals surface area contributed by atoms with E-state index in [1.165, 1.54) is 34.7 Å². The van der Waals surface area contributed by atoms with Gasteiger partial charge in [0.2, 0.25) is 11.7 Å². The predicted octanol–water partition coefficient (Wildman–Crippen LogP) is 3.84. The number of benzene rings is 2. The number of aromatic nitrogens is 4. The zero-order chi connectivity index (χ0) is 23.0. The van der Waals surface area contributed by atoms with Crippen molar-refractivity contribution in [1.82, 2.24) is 19.3 Å². The van der Waals surface area contributed by atoms with E-state index in [9.17, 15) is 14.0 Å². The average molecular weight is 434 g/mol. The van der Waals surface area contributed by atoms with Crippen molar-refractivity contribution in [3.05, 3.63) is 98.4 Å². The molecule has 0 spiro atoms. The van der Waals surface area contributed by atoms with Crippen LogP contribution in [0.5, 0.6) is 0 Å². The van der Waals surface area contributed by atoms with Crippen LogP contribution in [0.4, 0.5) is 4.39 Å². The first kappa shape index (κ1) is 21.4. The Balaban J connectivity index is 1.60. The minimum absolute atomic E-state index is 0.0341. The van der Waals surface area contributed by atoms with Gasteiger partial charge in [-0.05, 0) is 35.6 Å². The second kappa shape index (κ2) is 8.03. The molecule has 2 heterocycles. The van der Waals surface area contributed by atoms with E-state index in [2.05, 4.69) is 30.9 Å². The standard InChI is InChI=1S/C24H23FN4O3/c1-15-5-10-18(25)13-19(15)29-12-11-28(22(30)23(29)31)14-20-26-21(27-32-20)16-6-8-17(9-7-16)24(2,3)4/h5-13H,14H2,1-4H3. The van der Waals surface area contributed by atoms with Crippen LogP contribution in [0.1, 0.15) is 37.8 Å². The molecule has 2 aromatic carbocycles. The maximum atomic E-state index is 13.6. The molecule has 2 aromatic heterocycles. The van der Waals surface area contributed by atoms with E-state index < -0.39 is 16.9 Å². The number of aryl methyl sites for hydroxylation is 1. The molecule has 4 rings (SSSR count). The zero-order valence-electron chi connectivity index (χ0n) is 18.3. The topological polar surface area (TPSA) is 82.9 Å². The van der Waals surface area contributed by atoms with E-state index in [0.29, 0.717) is 17.1 Å². The van der Waals surface area contributed by atoms with E-state index >= 15 is 0 Å². The lowest BCUT2D eigenvalue weighted by molar-refractivity contribution is 0.369. The van der Waals surface area contributed by atoms with Gasteiger partial charge in [0.25, 0.3) is 0 Å². The normalized spacial score (nSPS) is 11.7. The summed E-state index contributed by atoms with van der Waals surface area (Å²) in [6.45, 7) is 8.09. The number of halogens is 1. The SMILES string of the molecule is Cc1ccc(F)cc1-n1ccn(Cc2nc(-c3ccc(C(C)(C)C)cc3)no2)c(=O)c1=O. The molecule has 4 aromatic rings. The summed E-state index contributed by atoms with van der Waals surface area (Å²) in [5, 5.41) is 3.99. The fourth-order valence-corrected chi connectivity index (χ4v) is 3.37. The third kappa shape index (κ3) is 4.16. The molecule has 0 aliphatic carbocycles. The molecule has 0 N–H and O–H groups in total. The molecular formula is C24H23FN4O3. The number of rotatable bonds is 4. The molecule has 8 heteroatoms. The molecule has 0 amide bonds. The van der Waals surface area contributed by atoms with Crippen molar-refractivity contribution in [3.63, 3.8) is 0 Å². The van der Waals surface area contributed by atoms with Gasteiger partial charge in [0.05, 0.1) is 5.69 Å². The summed E-state index contributed by atoms with van der Waals surface area (Å²) in [5.41, 5.74) is 1.43. The molecule has 0 saturated carbocycles. The van der Waals surface area contributed by atoms with Crippen LogP contribution in [0.15, 0.2) is 69.0 Å². The summed E-state index contributed by atoms with van der Waals surface area (Å²) in [4.78, 5) is 29.6. The van der Waals surface area contributed by atoms with Crippen molar-refractivity contribution in [2.24, 2.45) is 0 Å². The Morgan fingerprint density at radius 3 is 2.41 bits per heavy atom. The van der Waals surface area contributed by atoms with E-state index in [0.717, 1.165) is 10.1 Å². The maximum absolute atomic E-state index is 13.6. The summed E-state index contributed by atoms with van der Waals surface area (Å²) in [7, 11) is 0. The molecule has 0 aliphatic heterocycles. The monoisotopic (exact) mass is 434 g/mol. The molecule has 0 fully saturated rings. The first-order valence-electron chi connectivity index (χ1n) is 10.2. The largest absolute Gasteiger partial charge is 0.337 e. The first-order chi connectivity index (χ1) is 15.1. The Morgan fingerprint density at radius 2 is 1.72 bits per heavy atom. The Hall–Kier alpha value is -3.81. The van der Waals surface area contributed by atoms with Gasteiger partial charge in [-0.1, -0.05) is 56.3 Å². The predicted molar refractivity (Wildman–Crippen MR) is 119 cm³/mol. The molecule has 32 heavy (non-hydrogen) atoms. The van der Waals surface area contributed by atoms with Gasteiger partial charge in [0.15, 0.2) is 0 Å². The van der Waals surface area contributed by atoms with Crippen LogP contribution in [-0.4, -0.2) is 19.3 Å². The molecule has 0 atom stereocenters. The quantitative estimate of drug-likeness (QED) is 0.456. The minimum Gasteiger partial charge on any atom is -0.337 e. The van der Waals surface area contributed by atoms with Crippen LogP contribution in [0.25, 0.3) is 17.1 Å². The fourth-order valence-electron chi connectivity index (χ4n) is 3.37. The van der Waals surface area contributed by atoms with Gasteiger partial charge >= 0.3 is 11.1 Å². The molecule has 0 aliphatic rings. The highest BCUT2D eigenvalue weighted by Gasteiger charge is 2.16. The van der Waals surface area contributed by atoms with E-state index in [1.807, 2.05) is 24.3 Å². The second-order valence-electron chi connectivity index (χ2n) is 8.68. The van der Waals surface area contributed by atoms with Gasteiger partial charge in [-0.25, -0.2) is 4.39 Å². The van der Waals surface area contributed by atoms with Gasteiger partial charge in [-0.3, -0.25) is 18.7 Å². The fraction of sp³-hybridized carbons (Fsp3) is 0.250. The van der Waals surface area contributed by atoms with Crippen molar-refractivity contribution in [1.29, 1.82) is 0 Å². The highest BCUT2D eigenvalue weighted by atomic mass is 19.1. The molecule has 0 bridgehead atoms. The van der Waals surface area contributed by atoms with Crippen LogP contribution < -0.4 is 11.1 Å². The summed E-state index contributed by atoms with van der Waals surface area (Å²) in [6, 6.07) is 11.9. The number of hydrogen-bond acceptors (Lipinski definition) is 5. The third-order valence-electron chi connectivity index (χ3n) is 5.27. The lowest BCUT2D eigenvalue weighted by Crippen LogP contribution is -2.40. The number of nitrogens with zero attached hydrogens (tertiary/aromatic N) is 4. The van der Waals surface area contributed by atoms with Crippen molar-refractivity contribution in [3.8, 4) is 17.1 Å². The maximum Gasteiger partial charge on any atom is 0.320 e. The summed E-state index contributed by atoms with van der Waals surface area (Å²) < 4.78 is 21.2. The Labute approximate surface area is 183 Å². The van der Waals surface area contributed by atoms with Gasteiger partial charge in [0.1, 0.15) is 12.4 Å². The van der Waals surface area contributed by atoms with Crippen molar-refractivity contribution < 1.29 is 8.91 Å². The Kier molecular flexibility index (Phi) is 5.38. The lowest BCUT2D eigenvalue weighted by Gasteiger charge is -2.18. The first-order valence-corrected chi connectivity index (χ1v) is 10.2. The summed E-state index contributed by atoms with van der Waals surface area (Å²) in [5.74, 6) is 0.105. The second-order valence-corrected chi connectivity index (χ2v) is 8.68. The van der Waals surface area contributed by atoms with Crippen LogP contribution in [0, 0.1) is 12.7 Å². The van der Waals surface area contributed by atoms with Gasteiger partial charge in [-0.15, -0.1) is 0 Å². The molecular weight excluding hydrogens is 411 g/mol. The lowest BCUT2D eigenvalue weighted by atomic mass is 9.87. The van der Waals surface area contributed by atoms with E-state index in [1.54, 1.807) is 13.0 Å². The van der Waals surface area contributed by atoms with Crippen molar-refractivity contribution in [2.45, 2.75) is 39.7 Å². The van der Waals surface area contributed by atoms with Crippen LogP contribution in [0.2, 0.25) is 0 Å². The van der Waals surface area contributed by atoms with Gasteiger partial charge in [0, 0.05) is 18.0 Å². The van der Waals surface area contributed by atoms with Crippen LogP contribution in [-0.2, 0) is 12.0 Å². The average Bonchev–Trinajstić information content (AvgIpc) is 3.22. The molecule has 0 unspecified atom stereocenters. The highest BCUT2D eigenvalue weighted by Crippen LogP contribution is 2.25. The Bertz CT molecular complexity index is 1390. The smallest absolute Gasteiger partial charge is 0.320 e. The number of hydrogen-bond donors (Lipinski definition) is 0. The zero-order valence-corrected chi connectivity index (χ0v) is 18.3. The minimum atomic E-state index is -0.793. The molecule has 164 valence electrons. The third-order valence-corrected chi connectivity index (χ3v) is 5.27. The van der Waals surface area contributed by atoms with Crippen LogP contribution in [0.3, 0.4) is 0 Å². The molecule has 0 saturated heterocycles. The molecule has 0 radical (unpaired) electrons. The summed E-state index contributed by atoms with van der Waals surface area (Å²) in [6.07, 6.45) is 2.87. The van der Waals surface area contributed by atoms with Gasteiger partial charge in [-0.2, -0.15) is 4.98 Å². The van der Waals surface area contributed by atoms with Crippen molar-refractivity contribution >= 4 is 0 Å². The highest BCUT2D eigenvalue weighted by molar-refractivity contribution is 5.55. The van der Waals surface area contributed by atoms with Gasteiger partial charge < -0.3 is 4.52 Å². The molecule has 7 nitrogen and oxygen atoms in total. The van der Waals surface area contributed by atoms with E-state index in [4.69, 9.17) is 4.52 Å². The van der Waals surface area contributed by atoms with E-state index in [-0.39, 0.29) is 17.9 Å². The summed E-state index contributed by atoms with van der Waals surface area (Å²) >= 11 is 0. The van der Waals surface area contributed by atoms with Crippen molar-refractivity contribution in [2.75, 3.05) is 0 Å². The van der Waals surface area contributed by atoms with Crippen LogP contribution >= 0.6 is 0 Å².